The molecule has 2 rings (SSSR count). The summed E-state index contributed by atoms with van der Waals surface area (Å²) in [6, 6.07) is 7.44. The summed E-state index contributed by atoms with van der Waals surface area (Å²) in [6.07, 6.45) is 13.0. The molecule has 1 aliphatic carbocycles. The van der Waals surface area contributed by atoms with Crippen molar-refractivity contribution in [2.75, 3.05) is 19.6 Å². The SMILES string of the molecule is CCCCN(CCCCCCCCCCCCCCCC(F)(F)F)CC1=CC(=O)C(=O)c2ccccc21. The highest BCUT2D eigenvalue weighted by Gasteiger charge is 2.26. The van der Waals surface area contributed by atoms with Crippen LogP contribution in [0.15, 0.2) is 30.3 Å². The highest BCUT2D eigenvalue weighted by Crippen LogP contribution is 2.26. The number of alkyl halides is 3. The molecule has 0 saturated carbocycles. The number of carbonyl (C=O) groups is 2. The van der Waals surface area contributed by atoms with E-state index in [1.54, 1.807) is 6.07 Å². The summed E-state index contributed by atoms with van der Waals surface area (Å²) >= 11 is 0. The lowest BCUT2D eigenvalue weighted by molar-refractivity contribution is -0.135. The molecule has 0 spiro atoms. The van der Waals surface area contributed by atoms with Gasteiger partial charge in [0.15, 0.2) is 0 Å². The van der Waals surface area contributed by atoms with Gasteiger partial charge in [0.05, 0.1) is 0 Å². The van der Waals surface area contributed by atoms with Crippen LogP contribution >= 0.6 is 0 Å². The molecular formula is C31H46F3NO2. The van der Waals surface area contributed by atoms with Gasteiger partial charge in [0, 0.05) is 18.5 Å². The minimum Gasteiger partial charge on any atom is -0.299 e. The van der Waals surface area contributed by atoms with Gasteiger partial charge in [0.25, 0.3) is 0 Å². The lowest BCUT2D eigenvalue weighted by Gasteiger charge is -2.26. The van der Waals surface area contributed by atoms with Crippen LogP contribution in [0.25, 0.3) is 5.57 Å². The minimum absolute atomic E-state index is 0.270. The Hall–Kier alpha value is -1.95. The van der Waals surface area contributed by atoms with E-state index >= 15 is 0 Å². The molecule has 0 N–H and O–H groups in total. The molecule has 6 heteroatoms. The quantitative estimate of drug-likeness (QED) is 0.127. The fourth-order valence-electron chi connectivity index (χ4n) is 5.02. The molecule has 37 heavy (non-hydrogen) atoms. The summed E-state index contributed by atoms with van der Waals surface area (Å²) in [4.78, 5) is 26.9. The number of carbonyl (C=O) groups excluding carboxylic acids is 2. The van der Waals surface area contributed by atoms with Crippen LogP contribution in [0.1, 0.15) is 126 Å². The van der Waals surface area contributed by atoms with E-state index in [0.717, 1.165) is 62.8 Å². The normalized spacial score (nSPS) is 13.8. The summed E-state index contributed by atoms with van der Waals surface area (Å²) in [5, 5.41) is 0. The fraction of sp³-hybridized carbons (Fsp3) is 0.677. The summed E-state index contributed by atoms with van der Waals surface area (Å²) in [5.74, 6) is -0.815. The van der Waals surface area contributed by atoms with Gasteiger partial charge in [-0.25, -0.2) is 0 Å². The number of hydrogen-bond acceptors (Lipinski definition) is 3. The molecule has 1 aromatic rings. The number of fused-ring (bicyclic) bond motifs is 1. The topological polar surface area (TPSA) is 37.4 Å². The largest absolute Gasteiger partial charge is 0.389 e. The van der Waals surface area contributed by atoms with Crippen molar-refractivity contribution in [3.8, 4) is 0 Å². The van der Waals surface area contributed by atoms with Crippen molar-refractivity contribution in [3.63, 3.8) is 0 Å². The number of Topliss-reactive ketones (excluding diaryl/α,β-unsaturated/α-hetero) is 1. The first-order valence-corrected chi connectivity index (χ1v) is 14.5. The molecule has 0 radical (unpaired) electrons. The first-order valence-electron chi connectivity index (χ1n) is 14.5. The van der Waals surface area contributed by atoms with Crippen molar-refractivity contribution in [1.82, 2.24) is 4.90 Å². The van der Waals surface area contributed by atoms with Gasteiger partial charge in [-0.2, -0.15) is 13.2 Å². The van der Waals surface area contributed by atoms with Crippen LogP contribution in [0.2, 0.25) is 0 Å². The Bertz CT molecular complexity index is 847. The van der Waals surface area contributed by atoms with Gasteiger partial charge in [0.1, 0.15) is 0 Å². The second-order valence-corrected chi connectivity index (χ2v) is 10.5. The maximum Gasteiger partial charge on any atom is 0.389 e. The van der Waals surface area contributed by atoms with Crippen molar-refractivity contribution in [2.45, 2.75) is 116 Å². The first-order chi connectivity index (χ1) is 17.8. The molecule has 208 valence electrons. The number of hydrogen-bond donors (Lipinski definition) is 0. The van der Waals surface area contributed by atoms with E-state index in [0.29, 0.717) is 18.5 Å². The summed E-state index contributed by atoms with van der Waals surface area (Å²) in [5.41, 5.74) is 2.38. The van der Waals surface area contributed by atoms with Crippen LogP contribution in [0, 0.1) is 0 Å². The van der Waals surface area contributed by atoms with E-state index in [9.17, 15) is 22.8 Å². The summed E-state index contributed by atoms with van der Waals surface area (Å²) < 4.78 is 36.3. The van der Waals surface area contributed by atoms with E-state index in [1.807, 2.05) is 18.2 Å². The molecule has 0 saturated heterocycles. The Labute approximate surface area is 221 Å². The molecular weight excluding hydrogens is 475 g/mol. The number of ketones is 2. The smallest absolute Gasteiger partial charge is 0.299 e. The second-order valence-electron chi connectivity index (χ2n) is 10.5. The predicted octanol–water partition coefficient (Wildman–Crippen LogP) is 8.96. The Kier molecular flexibility index (Phi) is 14.8. The molecule has 0 unspecified atom stereocenters. The van der Waals surface area contributed by atoms with Crippen molar-refractivity contribution in [1.29, 1.82) is 0 Å². The lowest BCUT2D eigenvalue weighted by Crippen LogP contribution is -2.30. The predicted molar refractivity (Wildman–Crippen MR) is 146 cm³/mol. The van der Waals surface area contributed by atoms with Gasteiger partial charge in [0.2, 0.25) is 11.6 Å². The zero-order valence-corrected chi connectivity index (χ0v) is 22.7. The molecule has 0 fully saturated rings. The summed E-state index contributed by atoms with van der Waals surface area (Å²) in [7, 11) is 0. The van der Waals surface area contributed by atoms with Crippen LogP contribution in [0.3, 0.4) is 0 Å². The average molecular weight is 522 g/mol. The van der Waals surface area contributed by atoms with Crippen LogP contribution in [0.5, 0.6) is 0 Å². The van der Waals surface area contributed by atoms with Crippen LogP contribution in [-0.2, 0) is 4.79 Å². The molecule has 3 nitrogen and oxygen atoms in total. The van der Waals surface area contributed by atoms with Gasteiger partial charge in [-0.3, -0.25) is 14.5 Å². The number of halogens is 3. The van der Waals surface area contributed by atoms with Crippen molar-refractivity contribution >= 4 is 17.1 Å². The average Bonchev–Trinajstić information content (AvgIpc) is 2.87. The van der Waals surface area contributed by atoms with Gasteiger partial charge in [-0.15, -0.1) is 0 Å². The van der Waals surface area contributed by atoms with Gasteiger partial charge in [-0.05, 0) is 49.6 Å². The van der Waals surface area contributed by atoms with Crippen LogP contribution < -0.4 is 0 Å². The number of unbranched alkanes of at least 4 members (excludes halogenated alkanes) is 13. The number of allylic oxidation sites excluding steroid dienone is 1. The van der Waals surface area contributed by atoms with Crippen molar-refractivity contribution in [2.24, 2.45) is 0 Å². The zero-order chi connectivity index (χ0) is 26.9. The van der Waals surface area contributed by atoms with E-state index in [-0.39, 0.29) is 6.42 Å². The minimum atomic E-state index is -4.00. The molecule has 0 amide bonds. The Morgan fingerprint density at radius 3 is 1.70 bits per heavy atom. The van der Waals surface area contributed by atoms with Crippen LogP contribution in [0.4, 0.5) is 13.2 Å². The van der Waals surface area contributed by atoms with Crippen LogP contribution in [-0.4, -0.2) is 42.3 Å². The molecule has 0 bridgehead atoms. The van der Waals surface area contributed by atoms with Gasteiger partial charge < -0.3 is 0 Å². The van der Waals surface area contributed by atoms with Crippen molar-refractivity contribution in [3.05, 3.63) is 41.5 Å². The molecule has 0 atom stereocenters. The third-order valence-corrected chi connectivity index (χ3v) is 7.20. The maximum atomic E-state index is 12.2. The Morgan fingerprint density at radius 1 is 0.676 bits per heavy atom. The van der Waals surface area contributed by atoms with E-state index in [1.165, 1.54) is 51.0 Å². The number of nitrogens with zero attached hydrogens (tertiary/aromatic N) is 1. The standard InChI is InChI=1S/C31H46F3NO2/c1-2-3-22-35(25-26-24-29(36)30(37)28-20-16-15-19-27(26)28)23-18-14-12-10-8-6-4-5-7-9-11-13-17-21-31(32,33)34/h15-16,19-20,24H,2-14,17-18,21-23,25H2,1H3. The molecule has 0 aliphatic heterocycles. The van der Waals surface area contributed by atoms with E-state index < -0.39 is 24.2 Å². The molecule has 1 aliphatic rings. The van der Waals surface area contributed by atoms with Gasteiger partial charge in [-0.1, -0.05) is 108 Å². The van der Waals surface area contributed by atoms with Crippen molar-refractivity contribution < 1.29 is 22.8 Å². The monoisotopic (exact) mass is 521 g/mol. The molecule has 0 heterocycles. The Morgan fingerprint density at radius 2 is 1.16 bits per heavy atom. The first kappa shape index (κ1) is 31.3. The number of rotatable bonds is 20. The molecule has 1 aromatic carbocycles. The third kappa shape index (κ3) is 12.9. The van der Waals surface area contributed by atoms with Gasteiger partial charge >= 0.3 is 6.18 Å². The van der Waals surface area contributed by atoms with E-state index in [2.05, 4.69) is 11.8 Å². The molecule has 0 aromatic heterocycles. The number of benzene rings is 1. The highest BCUT2D eigenvalue weighted by atomic mass is 19.4. The maximum absolute atomic E-state index is 12.2. The second kappa shape index (κ2) is 17.5. The fourth-order valence-corrected chi connectivity index (χ4v) is 5.02. The third-order valence-electron chi connectivity index (χ3n) is 7.20. The Balaban J connectivity index is 1.55. The highest BCUT2D eigenvalue weighted by molar-refractivity contribution is 6.50. The summed E-state index contributed by atoms with van der Waals surface area (Å²) in [6.45, 7) is 4.90. The lowest BCUT2D eigenvalue weighted by atomic mass is 9.89. The van der Waals surface area contributed by atoms with E-state index in [4.69, 9.17) is 0 Å². The zero-order valence-electron chi connectivity index (χ0n) is 22.7.